The Hall–Kier alpha value is -2.37. The minimum Gasteiger partial charge on any atom is -0.432 e. The monoisotopic (exact) mass is 530 g/mol. The van der Waals surface area contributed by atoms with E-state index in [2.05, 4.69) is 135 Å². The summed E-state index contributed by atoms with van der Waals surface area (Å²) < 4.78 is 21.4. The molecule has 0 fully saturated rings. The van der Waals surface area contributed by atoms with Gasteiger partial charge < -0.3 is 12.3 Å². The molecule has 0 spiro atoms. The summed E-state index contributed by atoms with van der Waals surface area (Å²) in [5, 5.41) is 4.84. The molecule has 0 N–H and O–H groups in total. The van der Waals surface area contributed by atoms with E-state index in [1.165, 1.54) is 10.4 Å². The average molecular weight is 531 g/mol. The standard InChI is InChI=1S/C28H34O3Si4/c1-32(25-17-9-5-10-18-25)29-34(3,27-21-13-7-14-22-27)31-35(4,28-23-15-8-16-24-28)30-33(2)26-19-11-6-12-20-26/h5-24,32-33H,1-4H3. The Labute approximate surface area is 215 Å². The minimum absolute atomic E-state index is 1.14. The van der Waals surface area contributed by atoms with Gasteiger partial charge in [-0.05, 0) is 46.9 Å². The molecule has 0 amide bonds. The first-order valence-electron chi connectivity index (χ1n) is 12.2. The molecule has 35 heavy (non-hydrogen) atoms. The van der Waals surface area contributed by atoms with Crippen LogP contribution in [-0.2, 0) is 12.3 Å². The highest BCUT2D eigenvalue weighted by atomic mass is 28.5. The highest BCUT2D eigenvalue weighted by molar-refractivity contribution is 6.97. The molecule has 0 aliphatic heterocycles. The highest BCUT2D eigenvalue weighted by Gasteiger charge is 2.47. The second kappa shape index (κ2) is 11.6. The van der Waals surface area contributed by atoms with Gasteiger partial charge in [0.15, 0.2) is 18.1 Å². The molecule has 7 heteroatoms. The van der Waals surface area contributed by atoms with Gasteiger partial charge in [-0.15, -0.1) is 0 Å². The summed E-state index contributed by atoms with van der Waals surface area (Å²) in [5.74, 6) is 0. The maximum atomic E-state index is 7.28. The highest BCUT2D eigenvalue weighted by Crippen LogP contribution is 2.20. The lowest BCUT2D eigenvalue weighted by Gasteiger charge is -2.40. The van der Waals surface area contributed by atoms with Crippen LogP contribution in [0.1, 0.15) is 0 Å². The van der Waals surface area contributed by atoms with Crippen molar-refractivity contribution in [2.24, 2.45) is 0 Å². The van der Waals surface area contributed by atoms with E-state index in [4.69, 9.17) is 12.3 Å². The summed E-state index contributed by atoms with van der Waals surface area (Å²) in [6.07, 6.45) is 0. The zero-order chi connectivity index (χ0) is 24.7. The topological polar surface area (TPSA) is 27.7 Å². The van der Waals surface area contributed by atoms with E-state index in [1.807, 2.05) is 12.1 Å². The Bertz CT molecular complexity index is 1090. The van der Waals surface area contributed by atoms with Gasteiger partial charge in [-0.25, -0.2) is 0 Å². The molecule has 0 radical (unpaired) electrons. The third kappa shape index (κ3) is 6.45. The molecule has 4 rings (SSSR count). The summed E-state index contributed by atoms with van der Waals surface area (Å²) in [5.41, 5.74) is 0. The Morgan fingerprint density at radius 3 is 1.06 bits per heavy atom. The maximum absolute atomic E-state index is 7.28. The van der Waals surface area contributed by atoms with Gasteiger partial charge in [0.05, 0.1) is 0 Å². The number of hydrogen-bond acceptors (Lipinski definition) is 3. The summed E-state index contributed by atoms with van der Waals surface area (Å²) in [6, 6.07) is 42.1. The summed E-state index contributed by atoms with van der Waals surface area (Å²) in [4.78, 5) is 0. The zero-order valence-electron chi connectivity index (χ0n) is 20.9. The molecule has 0 aliphatic carbocycles. The Kier molecular flexibility index (Phi) is 8.50. The molecule has 0 aromatic heterocycles. The predicted molar refractivity (Wildman–Crippen MR) is 157 cm³/mol. The van der Waals surface area contributed by atoms with Crippen molar-refractivity contribution in [3.8, 4) is 0 Å². The van der Waals surface area contributed by atoms with Gasteiger partial charge in [0.2, 0.25) is 0 Å². The largest absolute Gasteiger partial charge is 0.432 e. The first-order chi connectivity index (χ1) is 16.9. The molecule has 0 saturated carbocycles. The van der Waals surface area contributed by atoms with Crippen molar-refractivity contribution < 1.29 is 12.3 Å². The van der Waals surface area contributed by atoms with E-state index in [9.17, 15) is 0 Å². The lowest BCUT2D eigenvalue weighted by molar-refractivity contribution is 0.355. The van der Waals surface area contributed by atoms with E-state index >= 15 is 0 Å². The summed E-state index contributed by atoms with van der Waals surface area (Å²) >= 11 is 0. The Morgan fingerprint density at radius 1 is 0.457 bits per heavy atom. The van der Waals surface area contributed by atoms with Gasteiger partial charge in [-0.2, -0.15) is 0 Å². The van der Waals surface area contributed by atoms with E-state index in [0.29, 0.717) is 0 Å². The fourth-order valence-corrected chi connectivity index (χ4v) is 20.3. The van der Waals surface area contributed by atoms with Crippen molar-refractivity contribution in [2.75, 3.05) is 0 Å². The molecule has 4 aromatic carbocycles. The van der Waals surface area contributed by atoms with Gasteiger partial charge in [-0.1, -0.05) is 121 Å². The van der Waals surface area contributed by atoms with Crippen molar-refractivity contribution in [3.63, 3.8) is 0 Å². The van der Waals surface area contributed by atoms with Gasteiger partial charge >= 0.3 is 17.1 Å². The molecule has 0 saturated heterocycles. The first kappa shape index (κ1) is 25.7. The molecule has 0 heterocycles. The molecule has 0 aliphatic rings. The third-order valence-corrected chi connectivity index (χ3v) is 21.3. The van der Waals surface area contributed by atoms with Gasteiger partial charge in [-0.3, -0.25) is 0 Å². The zero-order valence-corrected chi connectivity index (χ0v) is 25.2. The lowest BCUT2D eigenvalue weighted by atomic mass is 10.4. The SMILES string of the molecule is C[SiH](O[Si](C)(O[Si](C)(O[SiH](C)c1ccccc1)c1ccccc1)c1ccccc1)c1ccccc1. The number of rotatable bonds is 10. The van der Waals surface area contributed by atoms with Crippen molar-refractivity contribution in [1.29, 1.82) is 0 Å². The second-order valence-corrected chi connectivity index (χ2v) is 20.6. The van der Waals surface area contributed by atoms with Crippen LogP contribution in [0.4, 0.5) is 0 Å². The van der Waals surface area contributed by atoms with Gasteiger partial charge in [0.1, 0.15) is 0 Å². The molecular formula is C28H34O3Si4. The normalized spacial score (nSPS) is 16.6. The fourth-order valence-electron chi connectivity index (χ4n) is 4.41. The van der Waals surface area contributed by atoms with Crippen LogP contribution in [0.15, 0.2) is 121 Å². The lowest BCUT2D eigenvalue weighted by Crippen LogP contribution is -2.67. The smallest absolute Gasteiger partial charge is 0.350 e. The number of benzene rings is 4. The van der Waals surface area contributed by atoms with Gasteiger partial charge in [0.25, 0.3) is 0 Å². The van der Waals surface area contributed by atoms with Crippen molar-refractivity contribution in [1.82, 2.24) is 0 Å². The van der Waals surface area contributed by atoms with Crippen LogP contribution in [0, 0.1) is 0 Å². The van der Waals surface area contributed by atoms with Crippen molar-refractivity contribution >= 4 is 55.9 Å². The van der Waals surface area contributed by atoms with Crippen molar-refractivity contribution in [3.05, 3.63) is 121 Å². The fraction of sp³-hybridized carbons (Fsp3) is 0.143. The van der Waals surface area contributed by atoms with Crippen LogP contribution in [0.25, 0.3) is 0 Å². The van der Waals surface area contributed by atoms with E-state index in [0.717, 1.165) is 10.4 Å². The molecule has 0 bridgehead atoms. The first-order valence-corrected chi connectivity index (χ1v) is 21.2. The molecule has 4 aromatic rings. The van der Waals surface area contributed by atoms with Crippen LogP contribution in [0.2, 0.25) is 26.2 Å². The van der Waals surface area contributed by atoms with E-state index < -0.39 is 35.2 Å². The van der Waals surface area contributed by atoms with Crippen LogP contribution >= 0.6 is 0 Å². The van der Waals surface area contributed by atoms with E-state index in [1.54, 1.807) is 0 Å². The molecule has 3 nitrogen and oxygen atoms in total. The van der Waals surface area contributed by atoms with Crippen LogP contribution in [0.3, 0.4) is 0 Å². The quantitative estimate of drug-likeness (QED) is 0.294. The third-order valence-electron chi connectivity index (χ3n) is 6.33. The summed E-state index contributed by atoms with van der Waals surface area (Å²) in [7, 11) is -9.11. The van der Waals surface area contributed by atoms with Crippen LogP contribution in [-0.4, -0.2) is 35.2 Å². The Morgan fingerprint density at radius 2 is 0.743 bits per heavy atom. The second-order valence-electron chi connectivity index (χ2n) is 9.07. The maximum Gasteiger partial charge on any atom is 0.350 e. The summed E-state index contributed by atoms with van der Waals surface area (Å²) in [6.45, 7) is 8.88. The minimum atomic E-state index is -2.84. The molecule has 4 unspecified atom stereocenters. The molecule has 4 atom stereocenters. The molecule has 180 valence electrons. The van der Waals surface area contributed by atoms with Gasteiger partial charge in [0, 0.05) is 0 Å². The van der Waals surface area contributed by atoms with Crippen molar-refractivity contribution in [2.45, 2.75) is 26.2 Å². The number of hydrogen-bond donors (Lipinski definition) is 0. The predicted octanol–water partition coefficient (Wildman–Crippen LogP) is 3.52. The van der Waals surface area contributed by atoms with E-state index in [-0.39, 0.29) is 0 Å². The average Bonchev–Trinajstić information content (AvgIpc) is 2.90. The Balaban J connectivity index is 1.72. The van der Waals surface area contributed by atoms with Crippen LogP contribution < -0.4 is 20.7 Å². The van der Waals surface area contributed by atoms with Crippen LogP contribution in [0.5, 0.6) is 0 Å². The molecular weight excluding hydrogens is 497 g/mol.